The molecule has 1 amide bonds. The van der Waals surface area contributed by atoms with E-state index in [4.69, 9.17) is 14.5 Å². The van der Waals surface area contributed by atoms with Crippen molar-refractivity contribution in [1.29, 1.82) is 0 Å². The lowest BCUT2D eigenvalue weighted by molar-refractivity contribution is 0.0218. The fraction of sp³-hybridized carbons (Fsp3) is 0.474. The van der Waals surface area contributed by atoms with Gasteiger partial charge in [0.2, 0.25) is 0 Å². The number of halogens is 1. The second kappa shape index (κ2) is 6.30. The second-order valence-corrected chi connectivity index (χ2v) is 8.63. The largest absolute Gasteiger partial charge is 0.487 e. The molecule has 6 nitrogen and oxygen atoms in total. The van der Waals surface area contributed by atoms with Gasteiger partial charge in [0, 0.05) is 16.6 Å². The number of hydrogen-bond acceptors (Lipinski definition) is 4. The van der Waals surface area contributed by atoms with E-state index in [9.17, 15) is 4.79 Å². The van der Waals surface area contributed by atoms with E-state index >= 15 is 0 Å². The van der Waals surface area contributed by atoms with E-state index < -0.39 is 5.60 Å². The first-order valence-electron chi connectivity index (χ1n) is 8.83. The maximum atomic E-state index is 12.6. The highest BCUT2D eigenvalue weighted by molar-refractivity contribution is 9.10. The summed E-state index contributed by atoms with van der Waals surface area (Å²) in [7, 11) is 0. The van der Waals surface area contributed by atoms with Gasteiger partial charge < -0.3 is 14.5 Å². The Hall–Kier alpha value is -2.02. The normalized spacial score (nSPS) is 18.9. The van der Waals surface area contributed by atoms with Gasteiger partial charge in [-0.1, -0.05) is 15.9 Å². The lowest BCUT2D eigenvalue weighted by Gasteiger charge is -2.27. The summed E-state index contributed by atoms with van der Waals surface area (Å²) in [6.45, 7) is 6.78. The minimum absolute atomic E-state index is 0.0886. The Morgan fingerprint density at radius 1 is 1.42 bits per heavy atom. The molecule has 2 aromatic rings. The number of H-pyrrole nitrogens is 1. The molecule has 1 aromatic carbocycles. The highest BCUT2D eigenvalue weighted by Gasteiger charge is 2.36. The smallest absolute Gasteiger partial charge is 0.410 e. The second-order valence-electron chi connectivity index (χ2n) is 7.71. The Labute approximate surface area is 161 Å². The molecule has 1 N–H and O–H groups in total. The zero-order valence-electron chi connectivity index (χ0n) is 15.1. The fourth-order valence-electron chi connectivity index (χ4n) is 3.47. The van der Waals surface area contributed by atoms with Crippen LogP contribution in [0.4, 0.5) is 4.79 Å². The van der Waals surface area contributed by atoms with E-state index in [1.165, 1.54) is 0 Å². The summed E-state index contributed by atoms with van der Waals surface area (Å²) in [4.78, 5) is 22.5. The summed E-state index contributed by atoms with van der Waals surface area (Å²) >= 11 is 3.47. The first kappa shape index (κ1) is 17.4. The number of rotatable bonds is 1. The molecule has 1 unspecified atom stereocenters. The monoisotopic (exact) mass is 419 g/mol. The van der Waals surface area contributed by atoms with Crippen LogP contribution < -0.4 is 4.74 Å². The third kappa shape index (κ3) is 3.20. The molecule has 2 aliphatic heterocycles. The Bertz CT molecular complexity index is 856. The summed E-state index contributed by atoms with van der Waals surface area (Å²) in [5.74, 6) is 1.62. The molecule has 0 saturated carbocycles. The average molecular weight is 420 g/mol. The van der Waals surface area contributed by atoms with Crippen LogP contribution in [-0.4, -0.2) is 33.1 Å². The lowest BCUT2D eigenvalue weighted by atomic mass is 10.1. The molecule has 1 fully saturated rings. The predicted molar refractivity (Wildman–Crippen MR) is 101 cm³/mol. The molecule has 138 valence electrons. The van der Waals surface area contributed by atoms with Crippen LogP contribution in [0.1, 0.15) is 51.2 Å². The number of nitrogens with zero attached hydrogens (tertiary/aromatic N) is 2. The van der Waals surface area contributed by atoms with Gasteiger partial charge in [-0.15, -0.1) is 0 Å². The number of likely N-dealkylation sites (tertiary alicyclic amines) is 1. The molecule has 7 heteroatoms. The van der Waals surface area contributed by atoms with Gasteiger partial charge in [0.25, 0.3) is 0 Å². The first-order valence-corrected chi connectivity index (χ1v) is 9.62. The molecule has 0 radical (unpaired) electrons. The minimum atomic E-state index is -0.507. The molecule has 0 aliphatic carbocycles. The van der Waals surface area contributed by atoms with Crippen molar-refractivity contribution in [3.05, 3.63) is 34.2 Å². The maximum Gasteiger partial charge on any atom is 0.410 e. The van der Waals surface area contributed by atoms with Gasteiger partial charge in [-0.05, 0) is 51.8 Å². The summed E-state index contributed by atoms with van der Waals surface area (Å²) < 4.78 is 12.4. The lowest BCUT2D eigenvalue weighted by Crippen LogP contribution is -2.36. The van der Waals surface area contributed by atoms with Crippen LogP contribution in [0.25, 0.3) is 11.3 Å². The number of imidazole rings is 1. The van der Waals surface area contributed by atoms with Crippen LogP contribution in [0.3, 0.4) is 0 Å². The van der Waals surface area contributed by atoms with E-state index in [1.54, 1.807) is 4.90 Å². The molecular weight excluding hydrogens is 398 g/mol. The number of carbonyl (C=O) groups excluding carboxylic acids is 1. The van der Waals surface area contributed by atoms with Crippen molar-refractivity contribution >= 4 is 22.0 Å². The SMILES string of the molecule is CC(C)(C)OC(=O)N1CCCC1c1nc2c([nH]1)COc1cc(Br)ccc1-2. The van der Waals surface area contributed by atoms with E-state index in [-0.39, 0.29) is 12.1 Å². The Kier molecular flexibility index (Phi) is 4.22. The van der Waals surface area contributed by atoms with Crippen molar-refractivity contribution in [2.45, 2.75) is 51.9 Å². The van der Waals surface area contributed by atoms with Gasteiger partial charge in [-0.25, -0.2) is 9.78 Å². The standard InChI is InChI=1S/C19H22BrN3O3/c1-19(2,3)26-18(24)23-8-4-5-14(23)17-21-13-10-25-15-9-11(20)6-7-12(15)16(13)22-17/h6-7,9,14H,4-5,8,10H2,1-3H3,(H,21,22). The van der Waals surface area contributed by atoms with Crippen LogP contribution in [0.2, 0.25) is 0 Å². The van der Waals surface area contributed by atoms with Gasteiger partial charge in [0.15, 0.2) is 0 Å². The highest BCUT2D eigenvalue weighted by Crippen LogP contribution is 2.40. The highest BCUT2D eigenvalue weighted by atomic mass is 79.9. The number of carbonyl (C=O) groups is 1. The van der Waals surface area contributed by atoms with E-state index in [1.807, 2.05) is 39.0 Å². The maximum absolute atomic E-state index is 12.6. The van der Waals surface area contributed by atoms with Crippen LogP contribution >= 0.6 is 15.9 Å². The van der Waals surface area contributed by atoms with Crippen LogP contribution in [-0.2, 0) is 11.3 Å². The number of hydrogen-bond donors (Lipinski definition) is 1. The van der Waals surface area contributed by atoms with Crippen molar-refractivity contribution in [2.75, 3.05) is 6.54 Å². The number of benzene rings is 1. The summed E-state index contributed by atoms with van der Waals surface area (Å²) in [5, 5.41) is 0. The predicted octanol–water partition coefficient (Wildman–Crippen LogP) is 4.80. The van der Waals surface area contributed by atoms with Crippen molar-refractivity contribution in [2.24, 2.45) is 0 Å². The summed E-state index contributed by atoms with van der Waals surface area (Å²) in [6, 6.07) is 5.85. The summed E-state index contributed by atoms with van der Waals surface area (Å²) in [5.41, 5.74) is 2.32. The molecule has 1 saturated heterocycles. The molecule has 26 heavy (non-hydrogen) atoms. The third-order valence-electron chi connectivity index (χ3n) is 4.56. The van der Waals surface area contributed by atoms with Crippen LogP contribution in [0.5, 0.6) is 5.75 Å². The van der Waals surface area contributed by atoms with E-state index in [0.717, 1.165) is 45.8 Å². The third-order valence-corrected chi connectivity index (χ3v) is 5.06. The fourth-order valence-corrected chi connectivity index (χ4v) is 3.81. The number of aromatic amines is 1. The van der Waals surface area contributed by atoms with Crippen molar-refractivity contribution in [3.63, 3.8) is 0 Å². The molecule has 1 aromatic heterocycles. The Morgan fingerprint density at radius 2 is 2.23 bits per heavy atom. The van der Waals surface area contributed by atoms with Crippen LogP contribution in [0, 0.1) is 0 Å². The van der Waals surface area contributed by atoms with E-state index in [2.05, 4.69) is 20.9 Å². The Balaban J connectivity index is 1.63. The van der Waals surface area contributed by atoms with Crippen LogP contribution in [0.15, 0.2) is 22.7 Å². The Morgan fingerprint density at radius 3 is 3.00 bits per heavy atom. The van der Waals surface area contributed by atoms with Gasteiger partial charge in [-0.3, -0.25) is 4.90 Å². The molecule has 0 bridgehead atoms. The topological polar surface area (TPSA) is 67.5 Å². The zero-order valence-corrected chi connectivity index (χ0v) is 16.7. The summed E-state index contributed by atoms with van der Waals surface area (Å²) in [6.07, 6.45) is 1.53. The number of nitrogens with one attached hydrogen (secondary N) is 1. The first-order chi connectivity index (χ1) is 12.3. The molecule has 4 rings (SSSR count). The zero-order chi connectivity index (χ0) is 18.5. The van der Waals surface area contributed by atoms with Gasteiger partial charge >= 0.3 is 6.09 Å². The number of ether oxygens (including phenoxy) is 2. The molecular formula is C19H22BrN3O3. The number of amides is 1. The number of aromatic nitrogens is 2. The average Bonchev–Trinajstić information content (AvgIpc) is 3.19. The quantitative estimate of drug-likeness (QED) is 0.720. The van der Waals surface area contributed by atoms with Crippen molar-refractivity contribution in [3.8, 4) is 17.0 Å². The molecule has 2 aliphatic rings. The van der Waals surface area contributed by atoms with Gasteiger partial charge in [0.1, 0.15) is 23.8 Å². The van der Waals surface area contributed by atoms with Gasteiger partial charge in [-0.2, -0.15) is 0 Å². The van der Waals surface area contributed by atoms with Crippen molar-refractivity contribution < 1.29 is 14.3 Å². The molecule has 0 spiro atoms. The van der Waals surface area contributed by atoms with Crippen molar-refractivity contribution in [1.82, 2.24) is 14.9 Å². The molecule has 3 heterocycles. The molecule has 1 atom stereocenters. The van der Waals surface area contributed by atoms with E-state index in [0.29, 0.717) is 13.2 Å². The van der Waals surface area contributed by atoms with Gasteiger partial charge in [0.05, 0.1) is 17.4 Å². The number of fused-ring (bicyclic) bond motifs is 3. The minimum Gasteiger partial charge on any atom is -0.487 e.